The zero-order chi connectivity index (χ0) is 19.9. The van der Waals surface area contributed by atoms with E-state index in [9.17, 15) is 4.79 Å². The average molecular weight is 382 g/mol. The van der Waals surface area contributed by atoms with Crippen molar-refractivity contribution in [3.05, 3.63) is 53.6 Å². The third-order valence-electron chi connectivity index (χ3n) is 5.03. The van der Waals surface area contributed by atoms with Crippen LogP contribution < -0.4 is 15.0 Å². The molecule has 0 unspecified atom stereocenters. The predicted molar refractivity (Wildman–Crippen MR) is 115 cm³/mol. The minimum absolute atomic E-state index is 0.138. The maximum atomic E-state index is 12.8. The molecule has 1 aliphatic heterocycles. The van der Waals surface area contributed by atoms with Crippen LogP contribution in [0.5, 0.6) is 5.75 Å². The Morgan fingerprint density at radius 3 is 2.68 bits per heavy atom. The first kappa shape index (κ1) is 20.1. The molecule has 0 aliphatic carbocycles. The number of benzene rings is 2. The van der Waals surface area contributed by atoms with E-state index in [1.165, 1.54) is 24.1 Å². The predicted octanol–water partition coefficient (Wildman–Crippen LogP) is 5.05. The van der Waals surface area contributed by atoms with Crippen molar-refractivity contribution in [2.45, 2.75) is 39.7 Å². The Balaban J connectivity index is 1.69. The topological polar surface area (TPSA) is 44.8 Å². The van der Waals surface area contributed by atoms with Crippen LogP contribution in [0.15, 0.2) is 42.5 Å². The Morgan fingerprint density at radius 2 is 1.93 bits per heavy atom. The van der Waals surface area contributed by atoms with Crippen LogP contribution in [0.4, 0.5) is 16.2 Å². The van der Waals surface area contributed by atoms with E-state index in [1.807, 2.05) is 38.2 Å². The number of rotatable bonds is 7. The minimum Gasteiger partial charge on any atom is -0.491 e. The highest BCUT2D eigenvalue weighted by molar-refractivity contribution is 5.91. The van der Waals surface area contributed by atoms with Gasteiger partial charge in [-0.1, -0.05) is 31.2 Å². The second kappa shape index (κ2) is 9.49. The molecule has 0 aromatic heterocycles. The highest BCUT2D eigenvalue weighted by Gasteiger charge is 2.18. The molecule has 0 radical (unpaired) electrons. The number of aryl methyl sites for hydroxylation is 1. The van der Waals surface area contributed by atoms with Crippen LogP contribution in [0, 0.1) is 6.92 Å². The summed E-state index contributed by atoms with van der Waals surface area (Å²) >= 11 is 0. The van der Waals surface area contributed by atoms with Crippen LogP contribution in [0.2, 0.25) is 0 Å². The van der Waals surface area contributed by atoms with Crippen LogP contribution in [0.3, 0.4) is 0 Å². The van der Waals surface area contributed by atoms with Crippen LogP contribution in [-0.4, -0.2) is 37.7 Å². The largest absolute Gasteiger partial charge is 0.491 e. The molecule has 1 saturated heterocycles. The van der Waals surface area contributed by atoms with Gasteiger partial charge >= 0.3 is 6.03 Å². The Morgan fingerprint density at radius 1 is 1.18 bits per heavy atom. The van der Waals surface area contributed by atoms with E-state index in [-0.39, 0.29) is 6.03 Å². The van der Waals surface area contributed by atoms with Crippen molar-refractivity contribution in [3.8, 4) is 5.75 Å². The van der Waals surface area contributed by atoms with E-state index >= 15 is 0 Å². The van der Waals surface area contributed by atoms with Gasteiger partial charge in [-0.05, 0) is 55.5 Å². The number of hydrogen-bond donors (Lipinski definition) is 1. The quantitative estimate of drug-likeness (QED) is 0.730. The van der Waals surface area contributed by atoms with Crippen molar-refractivity contribution < 1.29 is 9.53 Å². The highest BCUT2D eigenvalue weighted by atomic mass is 16.5. The number of carbonyl (C=O) groups is 1. The summed E-state index contributed by atoms with van der Waals surface area (Å²) in [5.41, 5.74) is 4.23. The molecule has 1 heterocycles. The zero-order valence-electron chi connectivity index (χ0n) is 17.2. The molecule has 2 amide bonds. The van der Waals surface area contributed by atoms with E-state index in [0.29, 0.717) is 18.8 Å². The summed E-state index contributed by atoms with van der Waals surface area (Å²) in [6, 6.07) is 14.1. The van der Waals surface area contributed by atoms with Gasteiger partial charge in [-0.15, -0.1) is 0 Å². The maximum Gasteiger partial charge on any atom is 0.321 e. The summed E-state index contributed by atoms with van der Waals surface area (Å²) in [7, 11) is 1.83. The molecule has 3 rings (SSSR count). The van der Waals surface area contributed by atoms with E-state index in [0.717, 1.165) is 30.8 Å². The number of hydrogen-bond acceptors (Lipinski definition) is 3. The fourth-order valence-corrected chi connectivity index (χ4v) is 3.51. The summed E-state index contributed by atoms with van der Waals surface area (Å²) < 4.78 is 5.81. The Hall–Kier alpha value is -2.69. The minimum atomic E-state index is -0.138. The summed E-state index contributed by atoms with van der Waals surface area (Å²) in [6.45, 7) is 7.47. The number of amides is 2. The first-order chi connectivity index (χ1) is 13.6. The van der Waals surface area contributed by atoms with Gasteiger partial charge in [0.05, 0.1) is 12.3 Å². The van der Waals surface area contributed by atoms with E-state index in [1.54, 1.807) is 4.90 Å². The first-order valence-electron chi connectivity index (χ1n) is 10.2. The third kappa shape index (κ3) is 4.97. The van der Waals surface area contributed by atoms with Crippen LogP contribution >= 0.6 is 0 Å². The lowest BCUT2D eigenvalue weighted by atomic mass is 10.1. The Labute approximate surface area is 168 Å². The van der Waals surface area contributed by atoms with Crippen LogP contribution in [-0.2, 0) is 6.54 Å². The molecule has 0 bridgehead atoms. The molecule has 0 spiro atoms. The van der Waals surface area contributed by atoms with Gasteiger partial charge in [0.1, 0.15) is 5.75 Å². The van der Waals surface area contributed by atoms with Crippen molar-refractivity contribution >= 4 is 17.4 Å². The number of ether oxygens (including phenoxy) is 1. The fourth-order valence-electron chi connectivity index (χ4n) is 3.51. The Kier molecular flexibility index (Phi) is 6.80. The van der Waals surface area contributed by atoms with Crippen molar-refractivity contribution in [2.24, 2.45) is 0 Å². The van der Waals surface area contributed by atoms with Crippen molar-refractivity contribution in [1.82, 2.24) is 4.90 Å². The van der Waals surface area contributed by atoms with Crippen LogP contribution in [0.25, 0.3) is 0 Å². The van der Waals surface area contributed by atoms with Crippen molar-refractivity contribution in [2.75, 3.05) is 37.0 Å². The lowest BCUT2D eigenvalue weighted by Gasteiger charge is -2.25. The Bertz CT molecular complexity index is 800. The number of anilines is 2. The lowest BCUT2D eigenvalue weighted by molar-refractivity contribution is 0.220. The van der Waals surface area contributed by atoms with E-state index in [2.05, 4.69) is 35.3 Å². The first-order valence-corrected chi connectivity index (χ1v) is 10.2. The molecule has 150 valence electrons. The molecule has 1 aliphatic rings. The number of nitrogens with one attached hydrogen (secondary N) is 1. The molecule has 5 heteroatoms. The second-order valence-electron chi connectivity index (χ2n) is 7.46. The molecule has 28 heavy (non-hydrogen) atoms. The molecule has 1 N–H and O–H groups in total. The van der Waals surface area contributed by atoms with Crippen molar-refractivity contribution in [3.63, 3.8) is 0 Å². The molecule has 5 nitrogen and oxygen atoms in total. The smallest absolute Gasteiger partial charge is 0.321 e. The van der Waals surface area contributed by atoms with Gasteiger partial charge in [-0.25, -0.2) is 4.79 Å². The van der Waals surface area contributed by atoms with Gasteiger partial charge in [0.2, 0.25) is 0 Å². The standard InChI is InChI=1S/C23H31N3O2/c1-4-15-28-22-16-18(2)11-12-20(22)24-23(27)25(3)17-19-9-5-6-10-21(19)26-13-7-8-14-26/h5-6,9-12,16H,4,7-8,13-15,17H2,1-3H3,(H,24,27). The molecular formula is C23H31N3O2. The maximum absolute atomic E-state index is 12.8. The molecule has 2 aromatic rings. The highest BCUT2D eigenvalue weighted by Crippen LogP contribution is 2.28. The zero-order valence-corrected chi connectivity index (χ0v) is 17.2. The van der Waals surface area contributed by atoms with Gasteiger partial charge in [0, 0.05) is 32.4 Å². The SMILES string of the molecule is CCCOc1cc(C)ccc1NC(=O)N(C)Cc1ccccc1N1CCCC1. The van der Waals surface area contributed by atoms with Gasteiger partial charge in [0.25, 0.3) is 0 Å². The third-order valence-corrected chi connectivity index (χ3v) is 5.03. The second-order valence-corrected chi connectivity index (χ2v) is 7.46. The van der Waals surface area contributed by atoms with E-state index < -0.39 is 0 Å². The normalized spacial score (nSPS) is 13.5. The number of nitrogens with zero attached hydrogens (tertiary/aromatic N) is 2. The average Bonchev–Trinajstić information content (AvgIpc) is 3.23. The number of para-hydroxylation sites is 1. The molecule has 0 saturated carbocycles. The van der Waals surface area contributed by atoms with Crippen molar-refractivity contribution in [1.29, 1.82) is 0 Å². The summed E-state index contributed by atoms with van der Waals surface area (Å²) in [4.78, 5) is 16.9. The monoisotopic (exact) mass is 381 g/mol. The molecular weight excluding hydrogens is 350 g/mol. The van der Waals surface area contributed by atoms with Gasteiger partial charge < -0.3 is 19.9 Å². The summed E-state index contributed by atoms with van der Waals surface area (Å²) in [6.07, 6.45) is 3.39. The van der Waals surface area contributed by atoms with Gasteiger partial charge in [-0.2, -0.15) is 0 Å². The van der Waals surface area contributed by atoms with Gasteiger partial charge in [-0.3, -0.25) is 0 Å². The lowest BCUT2D eigenvalue weighted by Crippen LogP contribution is -2.32. The van der Waals surface area contributed by atoms with Gasteiger partial charge in [0.15, 0.2) is 0 Å². The molecule has 1 fully saturated rings. The summed E-state index contributed by atoms with van der Waals surface area (Å²) in [5, 5.41) is 3.00. The molecule has 2 aromatic carbocycles. The molecule has 0 atom stereocenters. The van der Waals surface area contributed by atoms with Crippen LogP contribution in [0.1, 0.15) is 37.3 Å². The van der Waals surface area contributed by atoms with E-state index in [4.69, 9.17) is 4.74 Å². The number of urea groups is 1. The summed E-state index contributed by atoms with van der Waals surface area (Å²) in [5.74, 6) is 0.723. The fraction of sp³-hybridized carbons (Fsp3) is 0.435. The number of carbonyl (C=O) groups excluding carboxylic acids is 1.